The predicted octanol–water partition coefficient (Wildman–Crippen LogP) is 3.35. The molecule has 4 aliphatic rings. The minimum Gasteiger partial charge on any atom is -0.351 e. The van der Waals surface area contributed by atoms with Crippen molar-refractivity contribution in [2.45, 2.75) is 44.9 Å². The number of carbonyl (C=O) groups excluding carboxylic acids is 1. The summed E-state index contributed by atoms with van der Waals surface area (Å²) in [7, 11) is 0. The van der Waals surface area contributed by atoms with Gasteiger partial charge in [0.2, 0.25) is 0 Å². The number of pyridine rings is 1. The Morgan fingerprint density at radius 3 is 2.62 bits per heavy atom. The van der Waals surface area contributed by atoms with Crippen molar-refractivity contribution < 1.29 is 4.79 Å². The highest BCUT2D eigenvalue weighted by Gasteiger charge is 2.50. The van der Waals surface area contributed by atoms with Gasteiger partial charge < -0.3 is 5.32 Å². The van der Waals surface area contributed by atoms with Crippen LogP contribution in [0.5, 0.6) is 0 Å². The highest BCUT2D eigenvalue weighted by Crippen LogP contribution is 2.59. The summed E-state index contributed by atoms with van der Waals surface area (Å²) in [6, 6.07) is 7.66. The summed E-state index contributed by atoms with van der Waals surface area (Å²) in [5.41, 5.74) is 2.46. The van der Waals surface area contributed by atoms with E-state index in [0.717, 1.165) is 29.8 Å². The molecule has 1 N–H and O–H groups in total. The lowest BCUT2D eigenvalue weighted by Gasteiger charge is -2.56. The zero-order chi connectivity index (χ0) is 17.7. The fourth-order valence-corrected chi connectivity index (χ4v) is 6.29. The second-order valence-electron chi connectivity index (χ2n) is 8.82. The van der Waals surface area contributed by atoms with Crippen molar-refractivity contribution in [2.75, 3.05) is 6.54 Å². The highest BCUT2D eigenvalue weighted by molar-refractivity contribution is 6.00. The van der Waals surface area contributed by atoms with Crippen molar-refractivity contribution in [1.82, 2.24) is 14.9 Å². The van der Waals surface area contributed by atoms with Crippen LogP contribution >= 0.6 is 0 Å². The topological polar surface area (TPSA) is 70.2 Å². The van der Waals surface area contributed by atoms with Gasteiger partial charge in [0.05, 0.1) is 29.3 Å². The van der Waals surface area contributed by atoms with Crippen LogP contribution in [-0.2, 0) is 6.42 Å². The molecule has 5 heteroatoms. The Hall–Kier alpha value is -2.35. The molecular weight excluding hydrogens is 324 g/mol. The molecule has 26 heavy (non-hydrogen) atoms. The zero-order valence-corrected chi connectivity index (χ0v) is 14.9. The molecular formula is C21H24N4O. The van der Waals surface area contributed by atoms with Crippen molar-refractivity contribution in [3.05, 3.63) is 35.7 Å². The summed E-state index contributed by atoms with van der Waals surface area (Å²) in [6.45, 7) is 0.801. The molecule has 5 nitrogen and oxygen atoms in total. The maximum Gasteiger partial charge on any atom is 0.253 e. The Morgan fingerprint density at radius 1 is 1.27 bits per heavy atom. The van der Waals surface area contributed by atoms with E-state index in [4.69, 9.17) is 5.26 Å². The van der Waals surface area contributed by atoms with Gasteiger partial charge in [-0.15, -0.1) is 0 Å². The Morgan fingerprint density at radius 2 is 1.96 bits per heavy atom. The zero-order valence-electron chi connectivity index (χ0n) is 14.9. The normalized spacial score (nSPS) is 31.9. The Kier molecular flexibility index (Phi) is 3.56. The van der Waals surface area contributed by atoms with Crippen LogP contribution in [0, 0.1) is 34.5 Å². The van der Waals surface area contributed by atoms with Crippen molar-refractivity contribution >= 4 is 11.4 Å². The third kappa shape index (κ3) is 2.59. The summed E-state index contributed by atoms with van der Waals surface area (Å²) < 4.78 is 1.70. The van der Waals surface area contributed by atoms with Crippen molar-refractivity contribution in [2.24, 2.45) is 23.2 Å². The molecule has 0 aliphatic heterocycles. The average Bonchev–Trinajstić information content (AvgIpc) is 3.01. The first kappa shape index (κ1) is 15.9. The van der Waals surface area contributed by atoms with E-state index in [9.17, 15) is 4.79 Å². The predicted molar refractivity (Wildman–Crippen MR) is 97.4 cm³/mol. The fraction of sp³-hybridized carbons (Fsp3) is 0.571. The van der Waals surface area contributed by atoms with E-state index in [1.807, 2.05) is 24.4 Å². The van der Waals surface area contributed by atoms with Crippen LogP contribution in [0.1, 0.15) is 54.6 Å². The number of nitriles is 1. The first-order valence-corrected chi connectivity index (χ1v) is 9.76. The second kappa shape index (κ2) is 5.84. The molecule has 0 spiro atoms. The summed E-state index contributed by atoms with van der Waals surface area (Å²) in [5, 5.41) is 16.5. The van der Waals surface area contributed by atoms with Crippen molar-refractivity contribution in [3.63, 3.8) is 0 Å². The lowest BCUT2D eigenvalue weighted by atomic mass is 9.49. The number of nitrogens with zero attached hydrogens (tertiary/aromatic N) is 3. The molecule has 4 aliphatic carbocycles. The molecule has 2 aromatic heterocycles. The molecule has 2 aromatic rings. The van der Waals surface area contributed by atoms with Crippen LogP contribution in [-0.4, -0.2) is 22.1 Å². The SMILES string of the molecule is N#CCc1cc2c(C(=O)NCC34CC5CC(CC(C5)C3)C4)cccn2n1. The van der Waals surface area contributed by atoms with Gasteiger partial charge in [-0.25, -0.2) is 4.52 Å². The van der Waals surface area contributed by atoms with Crippen LogP contribution in [0.4, 0.5) is 0 Å². The van der Waals surface area contributed by atoms with E-state index in [0.29, 0.717) is 16.7 Å². The molecule has 0 radical (unpaired) electrons. The van der Waals surface area contributed by atoms with Gasteiger partial charge in [0, 0.05) is 12.7 Å². The number of amides is 1. The first-order valence-electron chi connectivity index (χ1n) is 9.76. The van der Waals surface area contributed by atoms with E-state index in [-0.39, 0.29) is 12.3 Å². The van der Waals surface area contributed by atoms with Gasteiger partial charge >= 0.3 is 0 Å². The van der Waals surface area contributed by atoms with E-state index in [2.05, 4.69) is 16.5 Å². The van der Waals surface area contributed by atoms with Gasteiger partial charge in [-0.1, -0.05) is 0 Å². The quantitative estimate of drug-likeness (QED) is 0.921. The molecule has 1 amide bonds. The maximum atomic E-state index is 12.9. The molecule has 4 bridgehead atoms. The minimum atomic E-state index is -0.0187. The van der Waals surface area contributed by atoms with Crippen LogP contribution in [0.3, 0.4) is 0 Å². The number of hydrogen-bond donors (Lipinski definition) is 1. The molecule has 2 heterocycles. The molecule has 0 unspecified atom stereocenters. The number of aromatic nitrogens is 2. The van der Waals surface area contributed by atoms with Crippen LogP contribution < -0.4 is 5.32 Å². The number of nitrogens with one attached hydrogen (secondary N) is 1. The van der Waals surface area contributed by atoms with E-state index < -0.39 is 0 Å². The van der Waals surface area contributed by atoms with Gasteiger partial charge in [0.15, 0.2) is 0 Å². The summed E-state index contributed by atoms with van der Waals surface area (Å²) in [5.74, 6) is 2.66. The van der Waals surface area contributed by atoms with Gasteiger partial charge in [0.25, 0.3) is 5.91 Å². The summed E-state index contributed by atoms with van der Waals surface area (Å²) in [6.07, 6.45) is 10.2. The van der Waals surface area contributed by atoms with Gasteiger partial charge in [-0.3, -0.25) is 4.79 Å². The van der Waals surface area contributed by atoms with Gasteiger partial charge in [-0.05, 0) is 79.9 Å². The Bertz CT molecular complexity index is 871. The molecule has 134 valence electrons. The summed E-state index contributed by atoms with van der Waals surface area (Å²) >= 11 is 0. The number of fused-ring (bicyclic) bond motifs is 1. The smallest absolute Gasteiger partial charge is 0.253 e. The fourth-order valence-electron chi connectivity index (χ4n) is 6.29. The third-order valence-corrected chi connectivity index (χ3v) is 6.85. The first-order chi connectivity index (χ1) is 12.6. The summed E-state index contributed by atoms with van der Waals surface area (Å²) in [4.78, 5) is 12.9. The number of rotatable bonds is 4. The Labute approximate surface area is 153 Å². The molecule has 4 fully saturated rings. The average molecular weight is 348 g/mol. The molecule has 4 saturated carbocycles. The molecule has 0 atom stereocenters. The Balaban J connectivity index is 1.35. The highest BCUT2D eigenvalue weighted by atomic mass is 16.1. The molecule has 6 rings (SSSR count). The van der Waals surface area contributed by atoms with Crippen LogP contribution in [0.15, 0.2) is 24.4 Å². The third-order valence-electron chi connectivity index (χ3n) is 6.85. The lowest BCUT2D eigenvalue weighted by molar-refractivity contribution is -0.0503. The number of hydrogen-bond acceptors (Lipinski definition) is 3. The molecule has 0 aromatic carbocycles. The molecule has 0 saturated heterocycles. The number of carbonyl (C=O) groups is 1. The van der Waals surface area contributed by atoms with Gasteiger partial charge in [0.1, 0.15) is 0 Å². The standard InChI is InChI=1S/C21H24N4O/c22-4-3-17-9-19-18(2-1-5-25(19)24-17)20(26)23-13-21-10-14-6-15(11-21)8-16(7-14)12-21/h1-2,5,9,14-16H,3,6-8,10-13H2,(H,23,26). The lowest BCUT2D eigenvalue weighted by Crippen LogP contribution is -2.51. The van der Waals surface area contributed by atoms with Gasteiger partial charge in [-0.2, -0.15) is 10.4 Å². The van der Waals surface area contributed by atoms with Crippen LogP contribution in [0.25, 0.3) is 5.52 Å². The monoisotopic (exact) mass is 348 g/mol. The van der Waals surface area contributed by atoms with Crippen LogP contribution in [0.2, 0.25) is 0 Å². The van der Waals surface area contributed by atoms with E-state index in [1.165, 1.54) is 38.5 Å². The minimum absolute atomic E-state index is 0.0187. The van der Waals surface area contributed by atoms with E-state index in [1.54, 1.807) is 4.52 Å². The van der Waals surface area contributed by atoms with E-state index >= 15 is 0 Å². The largest absolute Gasteiger partial charge is 0.351 e. The van der Waals surface area contributed by atoms with Crippen molar-refractivity contribution in [3.8, 4) is 6.07 Å². The second-order valence-corrected chi connectivity index (χ2v) is 8.82. The van der Waals surface area contributed by atoms with Crippen molar-refractivity contribution in [1.29, 1.82) is 5.26 Å². The maximum absolute atomic E-state index is 12.9.